The molecule has 13 heavy (non-hydrogen) atoms. The third-order valence-corrected chi connectivity index (χ3v) is 3.22. The SMILES string of the molecule is c1cnc(S[C@@H]2CCCNC2)nc1. The zero-order valence-corrected chi connectivity index (χ0v) is 8.26. The Balaban J connectivity index is 1.90. The van der Waals surface area contributed by atoms with Crippen LogP contribution in [0.5, 0.6) is 0 Å². The number of nitrogens with zero attached hydrogens (tertiary/aromatic N) is 2. The Hall–Kier alpha value is -0.610. The molecule has 0 saturated carbocycles. The van der Waals surface area contributed by atoms with Crippen molar-refractivity contribution in [3.8, 4) is 0 Å². The Morgan fingerprint density at radius 3 is 2.92 bits per heavy atom. The van der Waals surface area contributed by atoms with Gasteiger partial charge >= 0.3 is 0 Å². The molecule has 1 aliphatic rings. The summed E-state index contributed by atoms with van der Waals surface area (Å²) in [5, 5.41) is 4.93. The lowest BCUT2D eigenvalue weighted by Gasteiger charge is -2.20. The second-order valence-corrected chi connectivity index (χ2v) is 4.39. The molecule has 2 rings (SSSR count). The summed E-state index contributed by atoms with van der Waals surface area (Å²) in [7, 11) is 0. The summed E-state index contributed by atoms with van der Waals surface area (Å²) in [5.74, 6) is 0. The Labute approximate surface area is 82.4 Å². The third-order valence-electron chi connectivity index (χ3n) is 2.07. The van der Waals surface area contributed by atoms with E-state index in [2.05, 4.69) is 15.3 Å². The minimum absolute atomic E-state index is 0.649. The summed E-state index contributed by atoms with van der Waals surface area (Å²) in [5.41, 5.74) is 0. The average Bonchev–Trinajstić information content (AvgIpc) is 2.21. The maximum Gasteiger partial charge on any atom is 0.187 e. The highest BCUT2D eigenvalue weighted by Gasteiger charge is 2.14. The van der Waals surface area contributed by atoms with Crippen LogP contribution in [0.15, 0.2) is 23.6 Å². The molecule has 3 nitrogen and oxygen atoms in total. The summed E-state index contributed by atoms with van der Waals surface area (Å²) in [6, 6.07) is 1.85. The van der Waals surface area contributed by atoms with Crippen LogP contribution in [0.1, 0.15) is 12.8 Å². The van der Waals surface area contributed by atoms with Gasteiger partial charge in [0.25, 0.3) is 0 Å². The van der Waals surface area contributed by atoms with Crippen LogP contribution in [-0.4, -0.2) is 28.3 Å². The molecule has 1 fully saturated rings. The van der Waals surface area contributed by atoms with Gasteiger partial charge in [0, 0.05) is 24.2 Å². The first-order valence-electron chi connectivity index (χ1n) is 4.59. The van der Waals surface area contributed by atoms with Crippen molar-refractivity contribution in [3.05, 3.63) is 18.5 Å². The molecule has 1 saturated heterocycles. The summed E-state index contributed by atoms with van der Waals surface area (Å²) >= 11 is 1.78. The minimum Gasteiger partial charge on any atom is -0.316 e. The van der Waals surface area contributed by atoms with Gasteiger partial charge in [-0.2, -0.15) is 0 Å². The van der Waals surface area contributed by atoms with E-state index < -0.39 is 0 Å². The molecule has 70 valence electrons. The molecule has 1 N–H and O–H groups in total. The molecule has 1 aromatic heterocycles. The van der Waals surface area contributed by atoms with E-state index in [1.165, 1.54) is 12.8 Å². The van der Waals surface area contributed by atoms with E-state index in [-0.39, 0.29) is 0 Å². The van der Waals surface area contributed by atoms with Crippen molar-refractivity contribution in [3.63, 3.8) is 0 Å². The van der Waals surface area contributed by atoms with Gasteiger partial charge in [-0.25, -0.2) is 9.97 Å². The van der Waals surface area contributed by atoms with Crippen LogP contribution < -0.4 is 5.32 Å². The fourth-order valence-electron chi connectivity index (χ4n) is 1.42. The first-order valence-corrected chi connectivity index (χ1v) is 5.47. The van der Waals surface area contributed by atoms with Gasteiger partial charge in [-0.15, -0.1) is 0 Å². The molecule has 0 bridgehead atoms. The van der Waals surface area contributed by atoms with Gasteiger partial charge in [-0.05, 0) is 25.5 Å². The lowest BCUT2D eigenvalue weighted by atomic mass is 10.2. The van der Waals surface area contributed by atoms with Crippen LogP contribution in [-0.2, 0) is 0 Å². The van der Waals surface area contributed by atoms with Gasteiger partial charge in [-0.1, -0.05) is 11.8 Å². The highest BCUT2D eigenvalue weighted by Crippen LogP contribution is 2.23. The normalized spacial score (nSPS) is 22.9. The molecule has 1 aromatic rings. The van der Waals surface area contributed by atoms with E-state index in [1.807, 2.05) is 6.07 Å². The lowest BCUT2D eigenvalue weighted by molar-refractivity contribution is 0.530. The number of thioether (sulfide) groups is 1. The van der Waals surface area contributed by atoms with Gasteiger partial charge in [0.15, 0.2) is 5.16 Å². The van der Waals surface area contributed by atoms with E-state index in [9.17, 15) is 0 Å². The predicted octanol–water partition coefficient (Wildman–Crippen LogP) is 1.32. The smallest absolute Gasteiger partial charge is 0.187 e. The van der Waals surface area contributed by atoms with E-state index in [0.29, 0.717) is 5.25 Å². The van der Waals surface area contributed by atoms with Crippen molar-refractivity contribution in [2.24, 2.45) is 0 Å². The molecule has 0 spiro atoms. The van der Waals surface area contributed by atoms with Gasteiger partial charge in [-0.3, -0.25) is 0 Å². The number of hydrogen-bond donors (Lipinski definition) is 1. The zero-order valence-electron chi connectivity index (χ0n) is 7.44. The summed E-state index contributed by atoms with van der Waals surface area (Å²) in [6.07, 6.45) is 6.14. The maximum absolute atomic E-state index is 4.20. The molecule has 0 unspecified atom stereocenters. The number of piperidine rings is 1. The van der Waals surface area contributed by atoms with E-state index in [1.54, 1.807) is 24.2 Å². The van der Waals surface area contributed by atoms with Crippen molar-refractivity contribution in [1.82, 2.24) is 15.3 Å². The predicted molar refractivity (Wildman–Crippen MR) is 53.8 cm³/mol. The standard InChI is InChI=1S/C9H13N3S/c1-3-8(7-10-4-1)13-9-11-5-2-6-12-9/h2,5-6,8,10H,1,3-4,7H2/t8-/m1/s1. The van der Waals surface area contributed by atoms with Crippen molar-refractivity contribution in [2.75, 3.05) is 13.1 Å². The second kappa shape index (κ2) is 4.58. The van der Waals surface area contributed by atoms with Crippen LogP contribution in [0, 0.1) is 0 Å². The lowest BCUT2D eigenvalue weighted by Crippen LogP contribution is -2.31. The van der Waals surface area contributed by atoms with Crippen LogP contribution in [0.2, 0.25) is 0 Å². The molecular formula is C9H13N3S. The molecular weight excluding hydrogens is 182 g/mol. The topological polar surface area (TPSA) is 37.8 Å². The fraction of sp³-hybridized carbons (Fsp3) is 0.556. The summed E-state index contributed by atoms with van der Waals surface area (Å²) in [4.78, 5) is 8.39. The molecule has 0 aliphatic carbocycles. The average molecular weight is 195 g/mol. The Kier molecular flexibility index (Phi) is 3.16. The molecule has 1 atom stereocenters. The minimum atomic E-state index is 0.649. The van der Waals surface area contributed by atoms with Gasteiger partial charge in [0.2, 0.25) is 0 Å². The Morgan fingerprint density at radius 2 is 2.23 bits per heavy atom. The molecule has 4 heteroatoms. The summed E-state index contributed by atoms with van der Waals surface area (Å²) < 4.78 is 0. The van der Waals surface area contributed by atoms with Gasteiger partial charge < -0.3 is 5.32 Å². The largest absolute Gasteiger partial charge is 0.316 e. The molecule has 1 aliphatic heterocycles. The highest BCUT2D eigenvalue weighted by atomic mass is 32.2. The molecule has 0 radical (unpaired) electrons. The van der Waals surface area contributed by atoms with Crippen LogP contribution >= 0.6 is 11.8 Å². The second-order valence-electron chi connectivity index (χ2n) is 3.12. The van der Waals surface area contributed by atoms with Crippen molar-refractivity contribution in [1.29, 1.82) is 0 Å². The summed E-state index contributed by atoms with van der Waals surface area (Å²) in [6.45, 7) is 2.25. The Bertz CT molecular complexity index is 246. The number of hydrogen-bond acceptors (Lipinski definition) is 4. The highest BCUT2D eigenvalue weighted by molar-refractivity contribution is 7.99. The maximum atomic E-state index is 4.20. The number of nitrogens with one attached hydrogen (secondary N) is 1. The molecule has 0 amide bonds. The van der Waals surface area contributed by atoms with Gasteiger partial charge in [0.05, 0.1) is 0 Å². The zero-order chi connectivity index (χ0) is 8.93. The first-order chi connectivity index (χ1) is 6.45. The quantitative estimate of drug-likeness (QED) is 0.722. The van der Waals surface area contributed by atoms with Crippen molar-refractivity contribution < 1.29 is 0 Å². The van der Waals surface area contributed by atoms with Crippen molar-refractivity contribution >= 4 is 11.8 Å². The van der Waals surface area contributed by atoms with Crippen LogP contribution in [0.25, 0.3) is 0 Å². The molecule has 0 aromatic carbocycles. The monoisotopic (exact) mass is 195 g/mol. The van der Waals surface area contributed by atoms with Crippen LogP contribution in [0.3, 0.4) is 0 Å². The third kappa shape index (κ3) is 2.67. The van der Waals surface area contributed by atoms with Crippen LogP contribution in [0.4, 0.5) is 0 Å². The van der Waals surface area contributed by atoms with E-state index in [0.717, 1.165) is 18.2 Å². The molecule has 2 heterocycles. The van der Waals surface area contributed by atoms with Gasteiger partial charge in [0.1, 0.15) is 0 Å². The fourth-order valence-corrected chi connectivity index (χ4v) is 2.44. The van der Waals surface area contributed by atoms with E-state index in [4.69, 9.17) is 0 Å². The number of aromatic nitrogens is 2. The van der Waals surface area contributed by atoms with E-state index >= 15 is 0 Å². The Morgan fingerprint density at radius 1 is 1.38 bits per heavy atom. The first kappa shape index (κ1) is 8.97. The number of rotatable bonds is 2. The van der Waals surface area contributed by atoms with Crippen molar-refractivity contribution in [2.45, 2.75) is 23.2 Å².